The first-order chi connectivity index (χ1) is 14.2. The Kier molecular flexibility index (Phi) is 6.89. The molecule has 1 aromatic heterocycles. The molecule has 1 amide bonds. The monoisotopic (exact) mass is 394 g/mol. The highest BCUT2D eigenvalue weighted by molar-refractivity contribution is 5.91. The summed E-state index contributed by atoms with van der Waals surface area (Å²) in [6, 6.07) is 18.0. The molecule has 1 N–H and O–H groups in total. The fourth-order valence-corrected chi connectivity index (χ4v) is 2.63. The molecule has 0 unspecified atom stereocenters. The molecule has 7 nitrogen and oxygen atoms in total. The zero-order valence-electron chi connectivity index (χ0n) is 16.0. The van der Waals surface area contributed by atoms with E-state index in [0.29, 0.717) is 17.1 Å². The highest BCUT2D eigenvalue weighted by atomic mass is 16.5. The van der Waals surface area contributed by atoms with Gasteiger partial charge in [-0.3, -0.25) is 4.79 Å². The molecule has 7 heteroatoms. The molecule has 0 radical (unpaired) electrons. The lowest BCUT2D eigenvalue weighted by atomic mass is 10.2. The number of benzene rings is 2. The SMILES string of the molecule is COc1ccccc1OCCNC(=O)COC(=O)c1ccc(-n2cccc2)cc1. The molecule has 0 atom stereocenters. The quantitative estimate of drug-likeness (QED) is 0.446. The van der Waals surface area contributed by atoms with Crippen molar-refractivity contribution in [3.8, 4) is 17.2 Å². The number of amides is 1. The third kappa shape index (κ3) is 5.62. The van der Waals surface area contributed by atoms with Crippen molar-refractivity contribution in [3.05, 3.63) is 78.6 Å². The molecular weight excluding hydrogens is 372 g/mol. The van der Waals surface area contributed by atoms with E-state index in [-0.39, 0.29) is 19.8 Å². The van der Waals surface area contributed by atoms with Crippen LogP contribution >= 0.6 is 0 Å². The van der Waals surface area contributed by atoms with E-state index >= 15 is 0 Å². The number of para-hydroxylation sites is 2. The van der Waals surface area contributed by atoms with Gasteiger partial charge in [0.15, 0.2) is 18.1 Å². The molecule has 0 saturated carbocycles. The van der Waals surface area contributed by atoms with Gasteiger partial charge in [-0.25, -0.2) is 4.79 Å². The molecule has 3 aromatic rings. The van der Waals surface area contributed by atoms with E-state index < -0.39 is 11.9 Å². The number of ether oxygens (including phenoxy) is 3. The van der Waals surface area contributed by atoms with Crippen molar-refractivity contribution in [1.29, 1.82) is 0 Å². The highest BCUT2D eigenvalue weighted by Crippen LogP contribution is 2.25. The van der Waals surface area contributed by atoms with Crippen LogP contribution in [-0.4, -0.2) is 43.3 Å². The Morgan fingerprint density at radius 2 is 1.62 bits per heavy atom. The van der Waals surface area contributed by atoms with Crippen molar-refractivity contribution in [2.24, 2.45) is 0 Å². The van der Waals surface area contributed by atoms with Crippen molar-refractivity contribution < 1.29 is 23.8 Å². The smallest absolute Gasteiger partial charge is 0.338 e. The first-order valence-corrected chi connectivity index (χ1v) is 9.10. The van der Waals surface area contributed by atoms with E-state index in [1.54, 1.807) is 31.4 Å². The summed E-state index contributed by atoms with van der Waals surface area (Å²) < 4.78 is 17.7. The van der Waals surface area contributed by atoms with Crippen LogP contribution in [0.3, 0.4) is 0 Å². The summed E-state index contributed by atoms with van der Waals surface area (Å²) in [5, 5.41) is 2.64. The van der Waals surface area contributed by atoms with Crippen molar-refractivity contribution in [2.75, 3.05) is 26.9 Å². The molecular formula is C22H22N2O5. The van der Waals surface area contributed by atoms with Gasteiger partial charge in [-0.05, 0) is 48.5 Å². The maximum Gasteiger partial charge on any atom is 0.338 e. The molecule has 3 rings (SSSR count). The predicted octanol–water partition coefficient (Wildman–Crippen LogP) is 2.84. The summed E-state index contributed by atoms with van der Waals surface area (Å²) in [4.78, 5) is 23.9. The third-order valence-corrected chi connectivity index (χ3v) is 4.09. The minimum atomic E-state index is -0.551. The number of aromatic nitrogens is 1. The molecule has 0 bridgehead atoms. The summed E-state index contributed by atoms with van der Waals surface area (Å²) >= 11 is 0. The second-order valence-electron chi connectivity index (χ2n) is 6.06. The van der Waals surface area contributed by atoms with Crippen molar-refractivity contribution >= 4 is 11.9 Å². The summed E-state index contributed by atoms with van der Waals surface area (Å²) in [7, 11) is 1.56. The first-order valence-electron chi connectivity index (χ1n) is 9.10. The van der Waals surface area contributed by atoms with Crippen LogP contribution in [0.5, 0.6) is 11.5 Å². The second kappa shape index (κ2) is 9.98. The van der Waals surface area contributed by atoms with Gasteiger partial charge >= 0.3 is 5.97 Å². The summed E-state index contributed by atoms with van der Waals surface area (Å²) in [6.45, 7) is 0.188. The van der Waals surface area contributed by atoms with E-state index in [1.165, 1.54) is 0 Å². The van der Waals surface area contributed by atoms with Gasteiger partial charge in [0.2, 0.25) is 0 Å². The van der Waals surface area contributed by atoms with Gasteiger partial charge in [-0.1, -0.05) is 12.1 Å². The fourth-order valence-electron chi connectivity index (χ4n) is 2.63. The van der Waals surface area contributed by atoms with E-state index in [1.807, 2.05) is 53.4 Å². The molecule has 150 valence electrons. The van der Waals surface area contributed by atoms with Crippen LogP contribution < -0.4 is 14.8 Å². The van der Waals surface area contributed by atoms with Gasteiger partial charge in [-0.2, -0.15) is 0 Å². The van der Waals surface area contributed by atoms with Gasteiger partial charge < -0.3 is 24.1 Å². The molecule has 0 aliphatic carbocycles. The number of hydrogen-bond acceptors (Lipinski definition) is 5. The average Bonchev–Trinajstić information content (AvgIpc) is 3.30. The molecule has 0 aliphatic rings. The molecule has 2 aromatic carbocycles. The third-order valence-electron chi connectivity index (χ3n) is 4.09. The molecule has 0 saturated heterocycles. The number of methoxy groups -OCH3 is 1. The topological polar surface area (TPSA) is 78.8 Å². The molecule has 29 heavy (non-hydrogen) atoms. The predicted molar refractivity (Wildman–Crippen MR) is 108 cm³/mol. The molecule has 1 heterocycles. The van der Waals surface area contributed by atoms with Crippen LogP contribution in [0, 0.1) is 0 Å². The van der Waals surface area contributed by atoms with Crippen LogP contribution in [0.2, 0.25) is 0 Å². The lowest BCUT2D eigenvalue weighted by molar-refractivity contribution is -0.124. The molecule has 0 spiro atoms. The van der Waals surface area contributed by atoms with Gasteiger partial charge in [0, 0.05) is 18.1 Å². The van der Waals surface area contributed by atoms with Gasteiger partial charge in [-0.15, -0.1) is 0 Å². The average molecular weight is 394 g/mol. The number of rotatable bonds is 9. The largest absolute Gasteiger partial charge is 0.493 e. The zero-order chi connectivity index (χ0) is 20.5. The minimum Gasteiger partial charge on any atom is -0.493 e. The Bertz CT molecular complexity index is 936. The van der Waals surface area contributed by atoms with Crippen LogP contribution in [0.15, 0.2) is 73.1 Å². The van der Waals surface area contributed by atoms with Crippen molar-refractivity contribution in [3.63, 3.8) is 0 Å². The van der Waals surface area contributed by atoms with Crippen LogP contribution in [0.25, 0.3) is 5.69 Å². The van der Waals surface area contributed by atoms with E-state index in [4.69, 9.17) is 14.2 Å². The highest BCUT2D eigenvalue weighted by Gasteiger charge is 2.10. The summed E-state index contributed by atoms with van der Waals surface area (Å²) in [5.74, 6) is 0.269. The number of hydrogen-bond donors (Lipinski definition) is 1. The van der Waals surface area contributed by atoms with Crippen LogP contribution in [-0.2, 0) is 9.53 Å². The number of carbonyl (C=O) groups excluding carboxylic acids is 2. The number of carbonyl (C=O) groups is 2. The Balaban J connectivity index is 1.38. The van der Waals surface area contributed by atoms with Gasteiger partial charge in [0.25, 0.3) is 5.91 Å². The van der Waals surface area contributed by atoms with E-state index in [0.717, 1.165) is 5.69 Å². The summed E-state index contributed by atoms with van der Waals surface area (Å²) in [6.07, 6.45) is 3.82. The Labute approximate surface area is 168 Å². The second-order valence-corrected chi connectivity index (χ2v) is 6.06. The number of nitrogens with one attached hydrogen (secondary N) is 1. The Morgan fingerprint density at radius 1 is 0.931 bits per heavy atom. The first kappa shape index (κ1) is 20.0. The minimum absolute atomic E-state index is 0.265. The summed E-state index contributed by atoms with van der Waals surface area (Å²) in [5.41, 5.74) is 1.31. The fraction of sp³-hybridized carbons (Fsp3) is 0.182. The Morgan fingerprint density at radius 3 is 2.31 bits per heavy atom. The van der Waals surface area contributed by atoms with Gasteiger partial charge in [0.05, 0.1) is 19.2 Å². The van der Waals surface area contributed by atoms with E-state index in [2.05, 4.69) is 5.32 Å². The maximum atomic E-state index is 12.1. The van der Waals surface area contributed by atoms with Crippen molar-refractivity contribution in [2.45, 2.75) is 0 Å². The van der Waals surface area contributed by atoms with Crippen molar-refractivity contribution in [1.82, 2.24) is 9.88 Å². The van der Waals surface area contributed by atoms with E-state index in [9.17, 15) is 9.59 Å². The maximum absolute atomic E-state index is 12.1. The van der Waals surface area contributed by atoms with Crippen LogP contribution in [0.1, 0.15) is 10.4 Å². The Hall–Kier alpha value is -3.74. The number of nitrogens with zero attached hydrogens (tertiary/aromatic N) is 1. The lowest BCUT2D eigenvalue weighted by Crippen LogP contribution is -2.32. The standard InChI is InChI=1S/C22H22N2O5/c1-27-19-6-2-3-7-20(19)28-15-12-23-21(25)16-29-22(26)17-8-10-18(11-9-17)24-13-4-5-14-24/h2-11,13-14H,12,15-16H2,1H3,(H,23,25). The van der Waals surface area contributed by atoms with Crippen LogP contribution in [0.4, 0.5) is 0 Å². The zero-order valence-corrected chi connectivity index (χ0v) is 16.0. The lowest BCUT2D eigenvalue weighted by Gasteiger charge is -2.11. The molecule has 0 fully saturated rings. The number of esters is 1. The van der Waals surface area contributed by atoms with Gasteiger partial charge in [0.1, 0.15) is 6.61 Å². The molecule has 0 aliphatic heterocycles. The normalized spacial score (nSPS) is 10.2.